The molecule has 0 spiro atoms. The van der Waals surface area contributed by atoms with Gasteiger partial charge >= 0.3 is 5.97 Å². The number of nitrogens with zero attached hydrogens (tertiary/aromatic N) is 3. The number of aliphatic hydroxyl groups excluding tert-OH is 2. The van der Waals surface area contributed by atoms with Crippen molar-refractivity contribution in [3.8, 4) is 39.8 Å². The van der Waals surface area contributed by atoms with Gasteiger partial charge in [0.2, 0.25) is 11.8 Å². The number of carboxylic acids is 1. The molecule has 3 aromatic carbocycles. The minimum Gasteiger partial charge on any atom is -0.504 e. The fourth-order valence-corrected chi connectivity index (χ4v) is 8.17. The molecule has 18 heteroatoms. The highest BCUT2D eigenvalue weighted by atomic mass is 16.5. The molecule has 1 aliphatic heterocycles. The number of hydrogen-bond donors (Lipinski definition) is 8. The van der Waals surface area contributed by atoms with Gasteiger partial charge < -0.3 is 57.3 Å². The lowest BCUT2D eigenvalue weighted by Gasteiger charge is -2.32. The summed E-state index contributed by atoms with van der Waals surface area (Å²) in [5.74, 6) is -6.07. The van der Waals surface area contributed by atoms with E-state index in [4.69, 9.17) is 26.7 Å². The third kappa shape index (κ3) is 11.8. The molecule has 67 heavy (non-hydrogen) atoms. The zero-order valence-electron chi connectivity index (χ0n) is 38.2. The number of amides is 2. The number of aliphatic carboxylic acids is 1. The maximum atomic E-state index is 14.8. The van der Waals surface area contributed by atoms with Crippen molar-refractivity contribution in [2.45, 2.75) is 89.0 Å². The Bertz CT molecular complexity index is 2480. The van der Waals surface area contributed by atoms with Crippen molar-refractivity contribution in [3.63, 3.8) is 0 Å². The van der Waals surface area contributed by atoms with E-state index in [0.717, 1.165) is 23.3 Å². The molecular weight excluding hydrogens is 863 g/mol. The van der Waals surface area contributed by atoms with Crippen molar-refractivity contribution in [1.82, 2.24) is 20.2 Å². The molecule has 2 amide bonds. The Hall–Kier alpha value is -6.31. The van der Waals surface area contributed by atoms with Gasteiger partial charge in [-0.2, -0.15) is 0 Å². The Morgan fingerprint density at radius 3 is 2.18 bits per heavy atom. The van der Waals surface area contributed by atoms with E-state index >= 15 is 0 Å². The number of carbonyl (C=O) groups excluding carboxylic acids is 4. The van der Waals surface area contributed by atoms with Crippen LogP contribution in [-0.2, 0) is 31.0 Å². The molecule has 18 nitrogen and oxygen atoms in total. The van der Waals surface area contributed by atoms with E-state index in [1.807, 2.05) is 12.1 Å². The number of nitrogens with one attached hydrogen (secondary N) is 1. The Balaban J connectivity index is 1.41. The number of carboxylic acid groups (broad SMARTS) is 1. The number of phenols is 1. The molecule has 4 aromatic rings. The molecular formula is C49H61N7O11. The summed E-state index contributed by atoms with van der Waals surface area (Å²) in [4.78, 5) is 80.0. The van der Waals surface area contributed by atoms with Crippen molar-refractivity contribution in [1.29, 1.82) is 0 Å². The van der Waals surface area contributed by atoms with Crippen LogP contribution in [0.3, 0.4) is 0 Å². The zero-order chi connectivity index (χ0) is 48.7. The molecule has 11 N–H and O–H groups in total. The van der Waals surface area contributed by atoms with Crippen LogP contribution in [0.5, 0.6) is 17.2 Å². The molecule has 1 aromatic heterocycles. The Morgan fingerprint density at radius 1 is 0.925 bits per heavy atom. The molecule has 6 rings (SSSR count). The Morgan fingerprint density at radius 2 is 1.58 bits per heavy atom. The average molecular weight is 924 g/mol. The lowest BCUT2D eigenvalue weighted by Crippen LogP contribution is -2.45. The average Bonchev–Trinajstić information content (AvgIpc) is 4.07. The third-order valence-electron chi connectivity index (χ3n) is 12.6. The van der Waals surface area contributed by atoms with Crippen molar-refractivity contribution in [3.05, 3.63) is 88.7 Å². The first kappa shape index (κ1) is 50.1. The fraction of sp³-hybridized carbons (Fsp3) is 0.449. The largest absolute Gasteiger partial charge is 0.504 e. The van der Waals surface area contributed by atoms with Crippen molar-refractivity contribution in [2.24, 2.45) is 29.0 Å². The SMILES string of the molecule is Cc1nc(-c2ccc(C3(C)CC3)cc2)ncc1C(=O)C[C@@H](CCN)C(=O)N(C)[C@@H]1C(=O)C[C@@H](C)C(=O)N[C@H](C(=O)O)Cc2ccc(OC[C@H](O)CN)c(c2)-c2cc1cc(OC[C@H](O)CN)c2O. The van der Waals surface area contributed by atoms with Gasteiger partial charge in [-0.1, -0.05) is 44.2 Å². The van der Waals surface area contributed by atoms with Crippen LogP contribution in [0.2, 0.25) is 0 Å². The Labute approximate surface area is 388 Å². The topological polar surface area (TPSA) is 304 Å². The van der Waals surface area contributed by atoms with Crippen molar-refractivity contribution >= 4 is 29.4 Å². The summed E-state index contributed by atoms with van der Waals surface area (Å²) in [5, 5.41) is 45.3. The molecule has 0 unspecified atom stereocenters. The van der Waals surface area contributed by atoms with Crippen LogP contribution < -0.4 is 32.0 Å². The van der Waals surface area contributed by atoms with Crippen molar-refractivity contribution < 1.29 is 53.9 Å². The minimum atomic E-state index is -1.50. The smallest absolute Gasteiger partial charge is 0.326 e. The third-order valence-corrected chi connectivity index (χ3v) is 12.6. The number of aromatic hydroxyl groups is 1. The van der Waals surface area contributed by atoms with Crippen LogP contribution in [0.1, 0.15) is 84.7 Å². The lowest BCUT2D eigenvalue weighted by atomic mass is 9.88. The number of phenolic OH excluding ortho intramolecular Hbond substituents is 1. The molecule has 2 aliphatic rings. The maximum Gasteiger partial charge on any atom is 0.326 e. The molecule has 4 bridgehead atoms. The van der Waals surface area contributed by atoms with Gasteiger partial charge in [-0.25, -0.2) is 14.8 Å². The zero-order valence-corrected chi connectivity index (χ0v) is 38.2. The highest BCUT2D eigenvalue weighted by Crippen LogP contribution is 2.48. The van der Waals surface area contributed by atoms with Gasteiger partial charge in [-0.3, -0.25) is 19.2 Å². The van der Waals surface area contributed by atoms with E-state index in [1.54, 1.807) is 13.0 Å². The number of nitrogens with two attached hydrogens (primary N) is 3. The number of aromatic nitrogens is 2. The molecule has 6 atom stereocenters. The van der Waals surface area contributed by atoms with Crippen LogP contribution in [0.15, 0.2) is 60.8 Å². The van der Waals surface area contributed by atoms with Gasteiger partial charge in [-0.05, 0) is 79.1 Å². The van der Waals surface area contributed by atoms with Crippen LogP contribution in [0.25, 0.3) is 22.5 Å². The first-order valence-electron chi connectivity index (χ1n) is 22.4. The number of aliphatic hydroxyl groups is 2. The lowest BCUT2D eigenvalue weighted by molar-refractivity contribution is -0.144. The van der Waals surface area contributed by atoms with Gasteiger partial charge in [0.15, 0.2) is 28.9 Å². The first-order valence-corrected chi connectivity index (χ1v) is 22.4. The number of Topliss-reactive ketones (excluding diaryl/α,β-unsaturated/α-hetero) is 2. The van der Waals surface area contributed by atoms with Gasteiger partial charge in [0.05, 0.1) is 11.3 Å². The first-order chi connectivity index (χ1) is 31.9. The molecule has 2 heterocycles. The number of fused-ring (bicyclic) bond motifs is 5. The summed E-state index contributed by atoms with van der Waals surface area (Å²) in [6, 6.07) is 12.5. The van der Waals surface area contributed by atoms with E-state index in [0.29, 0.717) is 17.1 Å². The number of ether oxygens (including phenoxy) is 2. The second-order valence-electron chi connectivity index (χ2n) is 17.9. The predicted octanol–water partition coefficient (Wildman–Crippen LogP) is 2.73. The van der Waals surface area contributed by atoms with Crippen LogP contribution >= 0.6 is 0 Å². The molecule has 1 fully saturated rings. The maximum absolute atomic E-state index is 14.8. The highest BCUT2D eigenvalue weighted by molar-refractivity contribution is 6.00. The van der Waals surface area contributed by atoms with E-state index in [1.165, 1.54) is 50.0 Å². The van der Waals surface area contributed by atoms with Gasteiger partial charge in [0.25, 0.3) is 0 Å². The molecule has 1 aliphatic carbocycles. The summed E-state index contributed by atoms with van der Waals surface area (Å²) in [7, 11) is 1.37. The monoisotopic (exact) mass is 923 g/mol. The summed E-state index contributed by atoms with van der Waals surface area (Å²) in [5.41, 5.74) is 20.8. The number of hydrogen-bond acceptors (Lipinski definition) is 15. The fourth-order valence-electron chi connectivity index (χ4n) is 8.17. The second kappa shape index (κ2) is 21.5. The summed E-state index contributed by atoms with van der Waals surface area (Å²) in [6.07, 6.45) is 0.509. The van der Waals surface area contributed by atoms with Crippen LogP contribution in [0, 0.1) is 18.8 Å². The van der Waals surface area contributed by atoms with E-state index in [-0.39, 0.29) is 91.3 Å². The quantitative estimate of drug-likeness (QED) is 0.0666. The summed E-state index contributed by atoms with van der Waals surface area (Å²) < 4.78 is 11.9. The second-order valence-corrected chi connectivity index (χ2v) is 17.9. The summed E-state index contributed by atoms with van der Waals surface area (Å²) >= 11 is 0. The number of benzene rings is 3. The van der Waals surface area contributed by atoms with Gasteiger partial charge in [0, 0.05) is 74.1 Å². The van der Waals surface area contributed by atoms with E-state index < -0.39 is 77.6 Å². The highest BCUT2D eigenvalue weighted by Gasteiger charge is 2.39. The number of likely N-dealkylation sites (N-methyl/N-ethyl adjacent to an activating group) is 1. The number of carbonyl (C=O) groups is 5. The van der Waals surface area contributed by atoms with Gasteiger partial charge in [-0.15, -0.1) is 0 Å². The van der Waals surface area contributed by atoms with Crippen LogP contribution in [-0.4, -0.2) is 123 Å². The molecule has 1 saturated carbocycles. The molecule has 358 valence electrons. The van der Waals surface area contributed by atoms with Gasteiger partial charge in [0.1, 0.15) is 43.3 Å². The van der Waals surface area contributed by atoms with E-state index in [9.17, 15) is 44.4 Å². The predicted molar refractivity (Wildman–Crippen MR) is 247 cm³/mol. The number of aryl methyl sites for hydroxylation is 1. The minimum absolute atomic E-state index is 0.00430. The normalized spacial score (nSPS) is 19.3. The number of ketones is 2. The molecule has 0 radical (unpaired) electrons. The number of rotatable bonds is 18. The van der Waals surface area contributed by atoms with E-state index in [2.05, 4.69) is 34.3 Å². The summed E-state index contributed by atoms with van der Waals surface area (Å²) in [6.45, 7) is 4.38. The van der Waals surface area contributed by atoms with Crippen molar-refractivity contribution in [2.75, 3.05) is 39.9 Å². The molecule has 0 saturated heterocycles. The Kier molecular flexibility index (Phi) is 16.1. The van der Waals surface area contributed by atoms with Crippen LogP contribution in [0.4, 0.5) is 0 Å². The standard InChI is InChI=1S/C49H61N7O11/c1-26-15-40(60)43(56(4)47(63)30(11-14-50)19-39(59)37-23-53-45(54-27(37)2)29-6-8-32(9-7-29)49(3)12-13-49)31-18-36(44(61)42(20-31)67-25-34(58)22-52)35-16-28(17-38(48(64)65)55-46(26)62)5-10-41(35)66-24-33(57)21-51/h5-10,16,18,20,23,26,30,33-34,38,43,57-58,61H,11-15,17,19,21-22,24-25,50-52H2,1-4H3,(H,55,62)(H,64,65)/t26-,30-,33-,34-,38+,43+/m1/s1.